The molecular formula is C16H23FO2. The van der Waals surface area contributed by atoms with Gasteiger partial charge in [-0.2, -0.15) is 0 Å². The summed E-state index contributed by atoms with van der Waals surface area (Å²) in [4.78, 5) is 0. The van der Waals surface area contributed by atoms with E-state index in [0.29, 0.717) is 23.8 Å². The van der Waals surface area contributed by atoms with Gasteiger partial charge in [0.2, 0.25) is 0 Å². The Morgan fingerprint density at radius 3 is 2.89 bits per heavy atom. The van der Waals surface area contributed by atoms with Crippen LogP contribution in [0.2, 0.25) is 0 Å². The van der Waals surface area contributed by atoms with Gasteiger partial charge in [-0.1, -0.05) is 31.9 Å². The molecule has 1 aliphatic carbocycles. The Labute approximate surface area is 114 Å². The Balaban J connectivity index is 2.04. The van der Waals surface area contributed by atoms with Gasteiger partial charge in [0.05, 0.1) is 13.2 Å². The van der Waals surface area contributed by atoms with E-state index in [-0.39, 0.29) is 11.6 Å². The van der Waals surface area contributed by atoms with Gasteiger partial charge in [0.25, 0.3) is 0 Å². The number of rotatable bonds is 4. The van der Waals surface area contributed by atoms with Crippen molar-refractivity contribution in [3.05, 3.63) is 29.6 Å². The van der Waals surface area contributed by atoms with Crippen LogP contribution in [0.5, 0.6) is 5.75 Å². The zero-order valence-corrected chi connectivity index (χ0v) is 11.7. The van der Waals surface area contributed by atoms with Crippen molar-refractivity contribution in [1.82, 2.24) is 0 Å². The van der Waals surface area contributed by atoms with Crippen LogP contribution in [-0.2, 0) is 6.42 Å². The Morgan fingerprint density at radius 2 is 2.21 bits per heavy atom. The first kappa shape index (κ1) is 14.3. The number of benzene rings is 1. The molecule has 2 nitrogen and oxygen atoms in total. The minimum atomic E-state index is -0.454. The van der Waals surface area contributed by atoms with Gasteiger partial charge in [0.15, 0.2) is 11.6 Å². The molecule has 0 radical (unpaired) electrons. The highest BCUT2D eigenvalue weighted by atomic mass is 19.1. The number of ether oxygens (including phenoxy) is 1. The maximum atomic E-state index is 14.0. The van der Waals surface area contributed by atoms with Gasteiger partial charge < -0.3 is 9.84 Å². The molecule has 0 bridgehead atoms. The predicted molar refractivity (Wildman–Crippen MR) is 73.8 cm³/mol. The topological polar surface area (TPSA) is 29.5 Å². The largest absolute Gasteiger partial charge is 0.494 e. The second kappa shape index (κ2) is 6.38. The van der Waals surface area contributed by atoms with E-state index in [4.69, 9.17) is 4.74 Å². The molecule has 0 spiro atoms. The van der Waals surface area contributed by atoms with Gasteiger partial charge in [0, 0.05) is 6.42 Å². The van der Waals surface area contributed by atoms with E-state index in [1.807, 2.05) is 0 Å². The predicted octanol–water partition coefficient (Wildman–Crippen LogP) is 3.56. The molecule has 1 aliphatic rings. The van der Waals surface area contributed by atoms with Crippen LogP contribution in [-0.4, -0.2) is 18.3 Å². The molecule has 2 rings (SSSR count). The molecule has 0 aromatic heterocycles. The third-order valence-electron chi connectivity index (χ3n) is 4.21. The van der Waals surface area contributed by atoms with E-state index in [0.717, 1.165) is 12.8 Å². The van der Waals surface area contributed by atoms with Gasteiger partial charge >= 0.3 is 0 Å². The lowest BCUT2D eigenvalue weighted by atomic mass is 9.78. The number of methoxy groups -OCH3 is 1. The summed E-state index contributed by atoms with van der Waals surface area (Å²) in [5.41, 5.74) is 0.546. The molecule has 1 fully saturated rings. The highest BCUT2D eigenvalue weighted by molar-refractivity contribution is 5.31. The normalized spacial score (nSPS) is 25.1. The lowest BCUT2D eigenvalue weighted by Crippen LogP contribution is -2.28. The number of aliphatic hydroxyl groups is 1. The van der Waals surface area contributed by atoms with Gasteiger partial charge in [-0.05, 0) is 36.3 Å². The molecule has 0 aliphatic heterocycles. The average molecular weight is 266 g/mol. The Morgan fingerprint density at radius 1 is 1.42 bits per heavy atom. The van der Waals surface area contributed by atoms with Crippen molar-refractivity contribution in [2.24, 2.45) is 11.8 Å². The molecule has 0 saturated heterocycles. The number of hydrogen-bond acceptors (Lipinski definition) is 2. The molecule has 1 aromatic carbocycles. The fourth-order valence-electron chi connectivity index (χ4n) is 3.09. The molecule has 3 heteroatoms. The van der Waals surface area contributed by atoms with Gasteiger partial charge in [-0.25, -0.2) is 4.39 Å². The van der Waals surface area contributed by atoms with E-state index >= 15 is 0 Å². The summed E-state index contributed by atoms with van der Waals surface area (Å²) in [7, 11) is 1.46. The second-order valence-electron chi connectivity index (χ2n) is 5.74. The smallest absolute Gasteiger partial charge is 0.168 e. The molecule has 1 N–H and O–H groups in total. The lowest BCUT2D eigenvalue weighted by molar-refractivity contribution is 0.0712. The first-order valence-corrected chi connectivity index (χ1v) is 7.11. The highest BCUT2D eigenvalue weighted by Crippen LogP contribution is 2.32. The van der Waals surface area contributed by atoms with Crippen molar-refractivity contribution in [3.63, 3.8) is 0 Å². The van der Waals surface area contributed by atoms with E-state index in [1.165, 1.54) is 20.0 Å². The standard InChI is InChI=1S/C16H23FO2/c1-11-5-3-6-12(9-11)14(18)10-13-7-4-8-15(19-2)16(13)17/h4,7-8,11-12,14,18H,3,5-6,9-10H2,1-2H3. The minimum Gasteiger partial charge on any atom is -0.494 e. The molecule has 1 aromatic rings. The average Bonchev–Trinajstić information content (AvgIpc) is 2.41. The summed E-state index contributed by atoms with van der Waals surface area (Å²) in [5, 5.41) is 10.3. The maximum absolute atomic E-state index is 14.0. The molecule has 3 unspecified atom stereocenters. The zero-order valence-electron chi connectivity index (χ0n) is 11.7. The van der Waals surface area contributed by atoms with Crippen LogP contribution in [0.4, 0.5) is 4.39 Å². The summed E-state index contributed by atoms with van der Waals surface area (Å²) in [6.07, 6.45) is 4.44. The second-order valence-corrected chi connectivity index (χ2v) is 5.74. The van der Waals surface area contributed by atoms with E-state index < -0.39 is 6.10 Å². The van der Waals surface area contributed by atoms with Crippen LogP contribution in [0.15, 0.2) is 18.2 Å². The van der Waals surface area contributed by atoms with Crippen LogP contribution in [0.3, 0.4) is 0 Å². The van der Waals surface area contributed by atoms with Crippen LogP contribution in [0.25, 0.3) is 0 Å². The summed E-state index contributed by atoms with van der Waals surface area (Å²) in [5.74, 6) is 0.882. The zero-order chi connectivity index (χ0) is 13.8. The van der Waals surface area contributed by atoms with Crippen LogP contribution in [0.1, 0.15) is 38.2 Å². The molecule has 1 saturated carbocycles. The molecule has 0 heterocycles. The van der Waals surface area contributed by atoms with Crippen molar-refractivity contribution < 1.29 is 14.2 Å². The third-order valence-corrected chi connectivity index (χ3v) is 4.21. The number of aliphatic hydroxyl groups excluding tert-OH is 1. The minimum absolute atomic E-state index is 0.252. The van der Waals surface area contributed by atoms with Crippen molar-refractivity contribution in [3.8, 4) is 5.75 Å². The maximum Gasteiger partial charge on any atom is 0.168 e. The molecule has 19 heavy (non-hydrogen) atoms. The van der Waals surface area contributed by atoms with E-state index in [2.05, 4.69) is 6.92 Å². The SMILES string of the molecule is COc1cccc(CC(O)C2CCCC(C)C2)c1F. The van der Waals surface area contributed by atoms with E-state index in [1.54, 1.807) is 18.2 Å². The lowest BCUT2D eigenvalue weighted by Gasteiger charge is -2.30. The number of hydrogen-bond donors (Lipinski definition) is 1. The Kier molecular flexibility index (Phi) is 4.81. The van der Waals surface area contributed by atoms with E-state index in [9.17, 15) is 9.50 Å². The first-order valence-electron chi connectivity index (χ1n) is 7.11. The third kappa shape index (κ3) is 3.47. The number of halogens is 1. The van der Waals surface area contributed by atoms with Crippen molar-refractivity contribution in [2.45, 2.75) is 45.1 Å². The Bertz CT molecular complexity index is 419. The van der Waals surface area contributed by atoms with Crippen LogP contribution >= 0.6 is 0 Å². The monoisotopic (exact) mass is 266 g/mol. The summed E-state index contributed by atoms with van der Waals surface area (Å²) < 4.78 is 19.0. The Hall–Kier alpha value is -1.09. The van der Waals surface area contributed by atoms with Crippen molar-refractivity contribution in [1.29, 1.82) is 0 Å². The van der Waals surface area contributed by atoms with Gasteiger partial charge in [-0.3, -0.25) is 0 Å². The summed E-state index contributed by atoms with van der Waals surface area (Å²) in [6, 6.07) is 5.11. The fraction of sp³-hybridized carbons (Fsp3) is 0.625. The van der Waals surface area contributed by atoms with Gasteiger partial charge in [0.1, 0.15) is 0 Å². The molecule has 0 amide bonds. The quantitative estimate of drug-likeness (QED) is 0.903. The van der Waals surface area contributed by atoms with Crippen molar-refractivity contribution >= 4 is 0 Å². The first-order chi connectivity index (χ1) is 9.11. The van der Waals surface area contributed by atoms with Crippen LogP contribution in [0, 0.1) is 17.7 Å². The van der Waals surface area contributed by atoms with Crippen molar-refractivity contribution in [2.75, 3.05) is 7.11 Å². The van der Waals surface area contributed by atoms with Crippen LogP contribution < -0.4 is 4.74 Å². The molecule has 106 valence electrons. The summed E-state index contributed by atoms with van der Waals surface area (Å²) in [6.45, 7) is 2.23. The van der Waals surface area contributed by atoms with Gasteiger partial charge in [-0.15, -0.1) is 0 Å². The molecular weight excluding hydrogens is 243 g/mol. The highest BCUT2D eigenvalue weighted by Gasteiger charge is 2.26. The fourth-order valence-corrected chi connectivity index (χ4v) is 3.09. The molecule has 3 atom stereocenters. The summed E-state index contributed by atoms with van der Waals surface area (Å²) >= 11 is 0.